The molecule has 2 aliphatic rings. The number of amides is 2. The molecule has 0 bridgehead atoms. The number of likely N-dealkylation sites (N-methyl/N-ethyl adjacent to an activating group) is 1. The second-order valence-electron chi connectivity index (χ2n) is 10.8. The molecule has 0 spiro atoms. The van der Waals surface area contributed by atoms with Gasteiger partial charge in [0.15, 0.2) is 0 Å². The van der Waals surface area contributed by atoms with Gasteiger partial charge >= 0.3 is 12.1 Å². The van der Waals surface area contributed by atoms with Crippen LogP contribution in [0.5, 0.6) is 0 Å². The summed E-state index contributed by atoms with van der Waals surface area (Å²) in [7, 11) is 1.81. The van der Waals surface area contributed by atoms with Gasteiger partial charge in [-0.25, -0.2) is 9.59 Å². The van der Waals surface area contributed by atoms with E-state index in [-0.39, 0.29) is 19.1 Å². The number of aliphatic carboxylic acids is 1. The molecule has 1 fully saturated rings. The predicted octanol–water partition coefficient (Wildman–Crippen LogP) is 4.40. The van der Waals surface area contributed by atoms with Gasteiger partial charge in [0.25, 0.3) is 0 Å². The van der Waals surface area contributed by atoms with Crippen molar-refractivity contribution in [3.05, 3.63) is 95.6 Å². The maximum atomic E-state index is 13.2. The largest absolute Gasteiger partial charge is 0.480 e. The summed E-state index contributed by atoms with van der Waals surface area (Å²) in [6.45, 7) is 0.806. The normalized spacial score (nSPS) is 15.6. The summed E-state index contributed by atoms with van der Waals surface area (Å²) in [5.74, 6) is -1.40. The number of ether oxygens (including phenoxy) is 1. The monoisotopic (exact) mass is 541 g/mol. The molecule has 8 nitrogen and oxygen atoms in total. The number of hydrogen-bond acceptors (Lipinski definition) is 5. The van der Waals surface area contributed by atoms with E-state index in [0.29, 0.717) is 18.9 Å². The third-order valence-electron chi connectivity index (χ3n) is 7.62. The summed E-state index contributed by atoms with van der Waals surface area (Å²) in [5, 5.41) is 15.2. The molecule has 208 valence electrons. The van der Waals surface area contributed by atoms with E-state index in [1.807, 2.05) is 78.7 Å². The summed E-state index contributed by atoms with van der Waals surface area (Å²) in [4.78, 5) is 40.0. The van der Waals surface area contributed by atoms with Crippen LogP contribution in [0.3, 0.4) is 0 Å². The Morgan fingerprint density at radius 3 is 2.08 bits per heavy atom. The molecular weight excluding hydrogens is 506 g/mol. The van der Waals surface area contributed by atoms with Crippen molar-refractivity contribution in [1.29, 1.82) is 0 Å². The van der Waals surface area contributed by atoms with Gasteiger partial charge in [-0.2, -0.15) is 0 Å². The third kappa shape index (κ3) is 6.69. The predicted molar refractivity (Wildman–Crippen MR) is 152 cm³/mol. The van der Waals surface area contributed by atoms with Gasteiger partial charge in [0.1, 0.15) is 18.7 Å². The number of carboxylic acids is 1. The lowest BCUT2D eigenvalue weighted by Gasteiger charge is -2.25. The van der Waals surface area contributed by atoms with E-state index < -0.39 is 30.1 Å². The van der Waals surface area contributed by atoms with Crippen LogP contribution >= 0.6 is 0 Å². The minimum Gasteiger partial charge on any atom is -0.480 e. The van der Waals surface area contributed by atoms with Crippen LogP contribution in [-0.4, -0.2) is 60.3 Å². The molecular formula is C32H35N3O5. The standard InChI is InChI=1S/C32H35N3O5/c1-35(18-22-9-3-2-4-10-22)19-29(31(37)38)33-30(36)28(17-21-15-16-21)34-32(39)40-20-27-25-13-7-5-11-23(25)24-12-6-8-14-26(24)27/h2-14,21,27-29H,15-20H2,1H3,(H,33,36)(H,34,39)(H,37,38). The molecule has 0 saturated heterocycles. The van der Waals surface area contributed by atoms with Crippen LogP contribution in [0.25, 0.3) is 11.1 Å². The van der Waals surface area contributed by atoms with Gasteiger partial charge in [-0.3, -0.25) is 9.69 Å². The highest BCUT2D eigenvalue weighted by Gasteiger charge is 2.34. The van der Waals surface area contributed by atoms with E-state index >= 15 is 0 Å². The molecule has 0 aromatic heterocycles. The number of carboxylic acid groups (broad SMARTS) is 1. The van der Waals surface area contributed by atoms with Crippen molar-refractivity contribution >= 4 is 18.0 Å². The quantitative estimate of drug-likeness (QED) is 0.314. The Kier molecular flexibility index (Phi) is 8.45. The number of fused-ring (bicyclic) bond motifs is 3. The first-order chi connectivity index (χ1) is 19.4. The molecule has 0 radical (unpaired) electrons. The second kappa shape index (κ2) is 12.3. The van der Waals surface area contributed by atoms with Crippen LogP contribution in [0.15, 0.2) is 78.9 Å². The third-order valence-corrected chi connectivity index (χ3v) is 7.62. The number of benzene rings is 3. The Morgan fingerprint density at radius 2 is 1.48 bits per heavy atom. The van der Waals surface area contributed by atoms with Crippen molar-refractivity contribution in [3.8, 4) is 11.1 Å². The molecule has 40 heavy (non-hydrogen) atoms. The Hall–Kier alpha value is -4.17. The van der Waals surface area contributed by atoms with E-state index in [4.69, 9.17) is 4.74 Å². The molecule has 2 amide bonds. The second-order valence-corrected chi connectivity index (χ2v) is 10.8. The lowest BCUT2D eigenvalue weighted by Crippen LogP contribution is -2.54. The maximum absolute atomic E-state index is 13.2. The molecule has 0 heterocycles. The zero-order valence-corrected chi connectivity index (χ0v) is 22.6. The van der Waals surface area contributed by atoms with Crippen molar-refractivity contribution in [2.75, 3.05) is 20.2 Å². The molecule has 0 aliphatic heterocycles. The van der Waals surface area contributed by atoms with Gasteiger partial charge in [-0.15, -0.1) is 0 Å². The summed E-state index contributed by atoms with van der Waals surface area (Å²) in [6.07, 6.45) is 1.73. The van der Waals surface area contributed by atoms with Gasteiger partial charge in [-0.05, 0) is 47.2 Å². The van der Waals surface area contributed by atoms with E-state index in [1.54, 1.807) is 0 Å². The lowest BCUT2D eigenvalue weighted by molar-refractivity contribution is -0.142. The first-order valence-electron chi connectivity index (χ1n) is 13.8. The Balaban J connectivity index is 1.19. The summed E-state index contributed by atoms with van der Waals surface area (Å²) in [6, 6.07) is 23.9. The summed E-state index contributed by atoms with van der Waals surface area (Å²) in [5.41, 5.74) is 5.52. The van der Waals surface area contributed by atoms with Gasteiger partial charge in [0.05, 0.1) is 0 Å². The molecule has 2 aliphatic carbocycles. The molecule has 2 unspecified atom stereocenters. The first kappa shape index (κ1) is 27.4. The lowest BCUT2D eigenvalue weighted by atomic mass is 9.98. The fourth-order valence-corrected chi connectivity index (χ4v) is 5.43. The highest BCUT2D eigenvalue weighted by Crippen LogP contribution is 2.44. The number of alkyl carbamates (subject to hydrolysis) is 1. The van der Waals surface area contributed by atoms with Crippen LogP contribution in [0.1, 0.15) is 41.9 Å². The molecule has 3 aromatic carbocycles. The zero-order chi connectivity index (χ0) is 28.1. The van der Waals surface area contributed by atoms with E-state index in [9.17, 15) is 19.5 Å². The van der Waals surface area contributed by atoms with Gasteiger partial charge in [0.2, 0.25) is 5.91 Å². The molecule has 3 aromatic rings. The van der Waals surface area contributed by atoms with Gasteiger partial charge < -0.3 is 20.5 Å². The van der Waals surface area contributed by atoms with Crippen LogP contribution in [0.4, 0.5) is 4.79 Å². The Labute approximate surface area is 234 Å². The number of carbonyl (C=O) groups excluding carboxylic acids is 2. The minimum absolute atomic E-state index is 0.0922. The van der Waals surface area contributed by atoms with E-state index in [0.717, 1.165) is 40.7 Å². The van der Waals surface area contributed by atoms with Crippen molar-refractivity contribution in [3.63, 3.8) is 0 Å². The Morgan fingerprint density at radius 1 is 0.875 bits per heavy atom. The molecule has 2 atom stereocenters. The number of carbonyl (C=O) groups is 3. The number of rotatable bonds is 12. The topological polar surface area (TPSA) is 108 Å². The van der Waals surface area contributed by atoms with Crippen molar-refractivity contribution in [2.45, 2.75) is 43.8 Å². The van der Waals surface area contributed by atoms with Gasteiger partial charge in [0, 0.05) is 19.0 Å². The number of nitrogens with zero attached hydrogens (tertiary/aromatic N) is 1. The maximum Gasteiger partial charge on any atom is 0.407 e. The fraction of sp³-hybridized carbons (Fsp3) is 0.344. The highest BCUT2D eigenvalue weighted by atomic mass is 16.5. The SMILES string of the molecule is CN(Cc1ccccc1)CC(NC(=O)C(CC1CC1)NC(=O)OCC1c2ccccc2-c2ccccc21)C(=O)O. The fourth-order valence-electron chi connectivity index (χ4n) is 5.43. The average molecular weight is 542 g/mol. The van der Waals surface area contributed by atoms with Gasteiger partial charge in [-0.1, -0.05) is 91.7 Å². The first-order valence-corrected chi connectivity index (χ1v) is 13.8. The molecule has 3 N–H and O–H groups in total. The molecule has 8 heteroatoms. The molecule has 5 rings (SSSR count). The molecule has 1 saturated carbocycles. The summed E-state index contributed by atoms with van der Waals surface area (Å²) < 4.78 is 5.65. The van der Waals surface area contributed by atoms with Crippen LogP contribution in [0, 0.1) is 5.92 Å². The number of nitrogens with one attached hydrogen (secondary N) is 2. The number of hydrogen-bond donors (Lipinski definition) is 3. The average Bonchev–Trinajstić information content (AvgIpc) is 3.71. The van der Waals surface area contributed by atoms with E-state index in [2.05, 4.69) is 22.8 Å². The van der Waals surface area contributed by atoms with Crippen molar-refractivity contribution in [1.82, 2.24) is 15.5 Å². The van der Waals surface area contributed by atoms with Crippen LogP contribution < -0.4 is 10.6 Å². The summed E-state index contributed by atoms with van der Waals surface area (Å²) >= 11 is 0. The van der Waals surface area contributed by atoms with Crippen LogP contribution in [0.2, 0.25) is 0 Å². The van der Waals surface area contributed by atoms with Crippen molar-refractivity contribution in [2.24, 2.45) is 5.92 Å². The van der Waals surface area contributed by atoms with E-state index in [1.165, 1.54) is 0 Å². The van der Waals surface area contributed by atoms with Crippen molar-refractivity contribution < 1.29 is 24.2 Å². The highest BCUT2D eigenvalue weighted by molar-refractivity contribution is 5.89. The minimum atomic E-state index is -1.13. The zero-order valence-electron chi connectivity index (χ0n) is 22.6. The van der Waals surface area contributed by atoms with Crippen LogP contribution in [-0.2, 0) is 20.9 Å². The Bertz CT molecular complexity index is 1310. The smallest absolute Gasteiger partial charge is 0.407 e.